The fourth-order valence-electron chi connectivity index (χ4n) is 2.75. The monoisotopic (exact) mass is 318 g/mol. The third-order valence-electron chi connectivity index (χ3n) is 4.03. The van der Waals surface area contributed by atoms with Crippen LogP contribution in [0, 0.1) is 11.3 Å². The Morgan fingerprint density at radius 3 is 2.75 bits per heavy atom. The molecule has 24 heavy (non-hydrogen) atoms. The number of carbonyl (C=O) groups excluding carboxylic acids is 1. The number of aryl methyl sites for hydroxylation is 1. The summed E-state index contributed by atoms with van der Waals surface area (Å²) in [5.74, 6) is -0.234. The van der Waals surface area contributed by atoms with E-state index in [2.05, 4.69) is 17.1 Å². The Hall–Kier alpha value is -3.06. The molecule has 1 heterocycles. The average molecular weight is 318 g/mol. The molecular formula is C20H18N2O2. The first-order valence-electron chi connectivity index (χ1n) is 7.96. The van der Waals surface area contributed by atoms with Crippen molar-refractivity contribution in [3.05, 3.63) is 71.4 Å². The second-order valence-electron chi connectivity index (χ2n) is 5.64. The van der Waals surface area contributed by atoms with Crippen molar-refractivity contribution in [1.29, 1.82) is 5.26 Å². The number of esters is 1. The summed E-state index contributed by atoms with van der Waals surface area (Å²) in [6, 6.07) is 17.4. The fourth-order valence-corrected chi connectivity index (χ4v) is 2.75. The van der Waals surface area contributed by atoms with Gasteiger partial charge in [-0.15, -0.1) is 0 Å². The van der Waals surface area contributed by atoms with Crippen LogP contribution in [-0.2, 0) is 22.6 Å². The Balaban J connectivity index is 1.49. The molecule has 4 nitrogen and oxygen atoms in total. The SMILES string of the molecule is N#Cc1ccccc1COC(=O)CCCc1c[nH]c2ccccc12. The second kappa shape index (κ2) is 7.47. The van der Waals surface area contributed by atoms with Crippen LogP contribution >= 0.6 is 0 Å². The summed E-state index contributed by atoms with van der Waals surface area (Å²) in [6.45, 7) is 0.148. The molecule has 0 amide bonds. The van der Waals surface area contributed by atoms with Crippen LogP contribution in [-0.4, -0.2) is 11.0 Å². The van der Waals surface area contributed by atoms with Crippen molar-refractivity contribution < 1.29 is 9.53 Å². The molecule has 120 valence electrons. The number of rotatable bonds is 6. The zero-order chi connectivity index (χ0) is 16.8. The van der Waals surface area contributed by atoms with Crippen molar-refractivity contribution in [1.82, 2.24) is 4.98 Å². The van der Waals surface area contributed by atoms with Gasteiger partial charge in [0, 0.05) is 29.1 Å². The lowest BCUT2D eigenvalue weighted by Gasteiger charge is -2.06. The number of hydrogen-bond donors (Lipinski definition) is 1. The summed E-state index contributed by atoms with van der Waals surface area (Å²) in [4.78, 5) is 15.1. The maximum atomic E-state index is 11.9. The van der Waals surface area contributed by atoms with Gasteiger partial charge in [0.25, 0.3) is 0 Å². The second-order valence-corrected chi connectivity index (χ2v) is 5.64. The van der Waals surface area contributed by atoms with E-state index in [9.17, 15) is 4.79 Å². The molecule has 3 aromatic rings. The standard InChI is InChI=1S/C20H18N2O2/c21-12-15-6-1-2-7-17(15)14-24-20(23)11-5-8-16-13-22-19-10-4-3-9-18(16)19/h1-4,6-7,9-10,13,22H,5,8,11,14H2. The molecule has 0 radical (unpaired) electrons. The summed E-state index contributed by atoms with van der Waals surface area (Å²) in [5.41, 5.74) is 3.62. The van der Waals surface area contributed by atoms with Gasteiger partial charge >= 0.3 is 5.97 Å². The van der Waals surface area contributed by atoms with E-state index in [0.717, 1.165) is 23.9 Å². The number of benzene rings is 2. The summed E-state index contributed by atoms with van der Waals surface area (Å²) < 4.78 is 5.28. The van der Waals surface area contributed by atoms with Crippen molar-refractivity contribution in [2.45, 2.75) is 25.9 Å². The summed E-state index contributed by atoms with van der Waals surface area (Å²) in [5, 5.41) is 10.2. The first-order valence-corrected chi connectivity index (χ1v) is 7.96. The molecule has 0 fully saturated rings. The Labute approximate surface area is 140 Å². The third-order valence-corrected chi connectivity index (χ3v) is 4.03. The number of fused-ring (bicyclic) bond motifs is 1. The minimum Gasteiger partial charge on any atom is -0.461 e. The molecule has 0 atom stereocenters. The predicted octanol–water partition coefficient (Wildman–Crippen LogP) is 4.11. The van der Waals surface area contributed by atoms with E-state index < -0.39 is 0 Å². The van der Waals surface area contributed by atoms with Gasteiger partial charge in [0.2, 0.25) is 0 Å². The number of hydrogen-bond acceptors (Lipinski definition) is 3. The van der Waals surface area contributed by atoms with Crippen LogP contribution in [0.4, 0.5) is 0 Å². The minimum atomic E-state index is -0.234. The molecule has 1 N–H and O–H groups in total. The van der Waals surface area contributed by atoms with E-state index in [1.165, 1.54) is 10.9 Å². The number of nitrogens with zero attached hydrogens (tertiary/aromatic N) is 1. The van der Waals surface area contributed by atoms with Crippen LogP contribution in [0.5, 0.6) is 0 Å². The van der Waals surface area contributed by atoms with Crippen LogP contribution in [0.1, 0.15) is 29.5 Å². The predicted molar refractivity (Wildman–Crippen MR) is 92.2 cm³/mol. The van der Waals surface area contributed by atoms with Gasteiger partial charge in [-0.05, 0) is 30.5 Å². The third kappa shape index (κ3) is 3.64. The molecule has 1 aromatic heterocycles. The number of H-pyrrole nitrogens is 1. The molecule has 2 aromatic carbocycles. The highest BCUT2D eigenvalue weighted by molar-refractivity contribution is 5.83. The molecule has 4 heteroatoms. The van der Waals surface area contributed by atoms with Crippen molar-refractivity contribution >= 4 is 16.9 Å². The molecule has 0 aliphatic heterocycles. The summed E-state index contributed by atoms with van der Waals surface area (Å²) in [6.07, 6.45) is 3.93. The molecule has 0 aliphatic carbocycles. The van der Waals surface area contributed by atoms with E-state index in [0.29, 0.717) is 12.0 Å². The van der Waals surface area contributed by atoms with Crippen LogP contribution in [0.25, 0.3) is 10.9 Å². The molecule has 0 unspecified atom stereocenters. The highest BCUT2D eigenvalue weighted by atomic mass is 16.5. The van der Waals surface area contributed by atoms with Crippen molar-refractivity contribution in [3.63, 3.8) is 0 Å². The van der Waals surface area contributed by atoms with E-state index >= 15 is 0 Å². The molecule has 0 bridgehead atoms. The Morgan fingerprint density at radius 1 is 1.08 bits per heavy atom. The van der Waals surface area contributed by atoms with Crippen molar-refractivity contribution in [3.8, 4) is 6.07 Å². The normalized spacial score (nSPS) is 10.5. The van der Waals surface area contributed by atoms with E-state index in [1.807, 2.05) is 30.5 Å². The molecule has 0 aliphatic rings. The smallest absolute Gasteiger partial charge is 0.306 e. The number of para-hydroxylation sites is 1. The average Bonchev–Trinajstić information content (AvgIpc) is 3.03. The minimum absolute atomic E-state index is 0.148. The first kappa shape index (κ1) is 15.8. The number of ether oxygens (including phenoxy) is 1. The topological polar surface area (TPSA) is 65.9 Å². The lowest BCUT2D eigenvalue weighted by molar-refractivity contribution is -0.145. The van der Waals surface area contributed by atoms with Crippen molar-refractivity contribution in [2.24, 2.45) is 0 Å². The van der Waals surface area contributed by atoms with Crippen LogP contribution in [0.2, 0.25) is 0 Å². The number of aromatic nitrogens is 1. The molecule has 3 rings (SSSR count). The fraction of sp³-hybridized carbons (Fsp3) is 0.200. The zero-order valence-corrected chi connectivity index (χ0v) is 13.3. The largest absolute Gasteiger partial charge is 0.461 e. The number of nitriles is 1. The van der Waals surface area contributed by atoms with Gasteiger partial charge < -0.3 is 9.72 Å². The lowest BCUT2D eigenvalue weighted by atomic mass is 10.1. The van der Waals surface area contributed by atoms with E-state index in [4.69, 9.17) is 10.00 Å². The molecule has 0 spiro atoms. The first-order chi connectivity index (χ1) is 11.8. The quantitative estimate of drug-likeness (QED) is 0.696. The lowest BCUT2D eigenvalue weighted by Crippen LogP contribution is -2.05. The van der Waals surface area contributed by atoms with Gasteiger partial charge in [-0.25, -0.2) is 0 Å². The van der Waals surface area contributed by atoms with Crippen molar-refractivity contribution in [2.75, 3.05) is 0 Å². The van der Waals surface area contributed by atoms with Gasteiger partial charge in [0.05, 0.1) is 11.6 Å². The van der Waals surface area contributed by atoms with Crippen LogP contribution in [0.15, 0.2) is 54.7 Å². The van der Waals surface area contributed by atoms with Gasteiger partial charge in [-0.3, -0.25) is 4.79 Å². The molecule has 0 saturated heterocycles. The van der Waals surface area contributed by atoms with Crippen LogP contribution in [0.3, 0.4) is 0 Å². The number of carbonyl (C=O) groups is 1. The molecule has 0 saturated carbocycles. The Bertz CT molecular complexity index is 890. The van der Waals surface area contributed by atoms with E-state index in [-0.39, 0.29) is 12.6 Å². The van der Waals surface area contributed by atoms with Gasteiger partial charge in [-0.1, -0.05) is 36.4 Å². The number of aromatic amines is 1. The Morgan fingerprint density at radius 2 is 1.88 bits per heavy atom. The Kier molecular flexibility index (Phi) is 4.93. The zero-order valence-electron chi connectivity index (χ0n) is 13.3. The maximum absolute atomic E-state index is 11.9. The summed E-state index contributed by atoms with van der Waals surface area (Å²) in [7, 11) is 0. The highest BCUT2D eigenvalue weighted by Gasteiger charge is 2.08. The summed E-state index contributed by atoms with van der Waals surface area (Å²) >= 11 is 0. The molecular weight excluding hydrogens is 300 g/mol. The highest BCUT2D eigenvalue weighted by Crippen LogP contribution is 2.19. The van der Waals surface area contributed by atoms with Gasteiger partial charge in [-0.2, -0.15) is 5.26 Å². The van der Waals surface area contributed by atoms with Gasteiger partial charge in [0.15, 0.2) is 0 Å². The van der Waals surface area contributed by atoms with Gasteiger partial charge in [0.1, 0.15) is 6.61 Å². The maximum Gasteiger partial charge on any atom is 0.306 e. The van der Waals surface area contributed by atoms with E-state index in [1.54, 1.807) is 18.2 Å². The number of nitrogens with one attached hydrogen (secondary N) is 1. The van der Waals surface area contributed by atoms with Crippen LogP contribution < -0.4 is 0 Å².